The second-order valence-corrected chi connectivity index (χ2v) is 4.99. The molecule has 0 rings (SSSR count). The van der Waals surface area contributed by atoms with Gasteiger partial charge in [-0.2, -0.15) is 0 Å². The fraction of sp³-hybridized carbons (Fsp3) is 1.00. The second-order valence-electron chi connectivity index (χ2n) is 2.60. The van der Waals surface area contributed by atoms with Gasteiger partial charge in [0.1, 0.15) is 0 Å². The SMILES string of the molecule is C[C@H](OP(=O)(O)O)[C@@H](C)OP(=O)(O)O. The first kappa shape index (κ1) is 14.2. The van der Waals surface area contributed by atoms with E-state index < -0.39 is 27.9 Å². The van der Waals surface area contributed by atoms with Crippen LogP contribution in [0.4, 0.5) is 0 Å². The molecule has 0 aliphatic rings. The van der Waals surface area contributed by atoms with E-state index in [9.17, 15) is 9.13 Å². The van der Waals surface area contributed by atoms with Gasteiger partial charge in [-0.1, -0.05) is 0 Å². The summed E-state index contributed by atoms with van der Waals surface area (Å²) < 4.78 is 29.0. The minimum Gasteiger partial charge on any atom is -0.303 e. The molecular weight excluding hydrogens is 238 g/mol. The molecule has 0 aliphatic heterocycles. The van der Waals surface area contributed by atoms with E-state index in [2.05, 4.69) is 9.05 Å². The van der Waals surface area contributed by atoms with Crippen LogP contribution in [0.3, 0.4) is 0 Å². The molecule has 0 unspecified atom stereocenters. The zero-order chi connectivity index (χ0) is 11.6. The monoisotopic (exact) mass is 250 g/mol. The van der Waals surface area contributed by atoms with E-state index in [1.165, 1.54) is 13.8 Å². The van der Waals surface area contributed by atoms with Gasteiger partial charge in [-0.15, -0.1) is 0 Å². The third-order valence-corrected chi connectivity index (χ3v) is 2.48. The highest BCUT2D eigenvalue weighted by Gasteiger charge is 2.28. The molecule has 0 aromatic carbocycles. The van der Waals surface area contributed by atoms with Gasteiger partial charge in [-0.05, 0) is 13.8 Å². The van der Waals surface area contributed by atoms with Crippen LogP contribution in [-0.4, -0.2) is 31.8 Å². The fourth-order valence-electron chi connectivity index (χ4n) is 0.605. The molecule has 2 atom stereocenters. The Morgan fingerprint density at radius 3 is 1.21 bits per heavy atom. The zero-order valence-electron chi connectivity index (χ0n) is 7.47. The van der Waals surface area contributed by atoms with Gasteiger partial charge < -0.3 is 19.6 Å². The number of phosphoric ester groups is 2. The largest absolute Gasteiger partial charge is 0.469 e. The predicted octanol–water partition coefficient (Wildman–Crippen LogP) is -0.0180. The molecule has 8 nitrogen and oxygen atoms in total. The Morgan fingerprint density at radius 2 is 1.07 bits per heavy atom. The van der Waals surface area contributed by atoms with Gasteiger partial charge in [0.05, 0.1) is 12.2 Å². The van der Waals surface area contributed by atoms with Crippen LogP contribution in [0, 0.1) is 0 Å². The third kappa shape index (κ3) is 7.61. The Bertz CT molecular complexity index is 237. The van der Waals surface area contributed by atoms with Crippen LogP contribution in [0.15, 0.2) is 0 Å². The first-order valence-corrected chi connectivity index (χ1v) is 6.55. The van der Waals surface area contributed by atoms with E-state index in [0.29, 0.717) is 0 Å². The summed E-state index contributed by atoms with van der Waals surface area (Å²) in [6, 6.07) is 0. The molecule has 14 heavy (non-hydrogen) atoms. The van der Waals surface area contributed by atoms with E-state index >= 15 is 0 Å². The lowest BCUT2D eigenvalue weighted by atomic mass is 10.3. The lowest BCUT2D eigenvalue weighted by molar-refractivity contribution is 0.0339. The topological polar surface area (TPSA) is 134 Å². The standard InChI is InChI=1S/C4H12O8P2/c1-3(11-13(5,6)7)4(2)12-14(8,9)10/h3-4H,1-2H3,(H2,5,6,7)(H2,8,9,10)/t3-,4+. The van der Waals surface area contributed by atoms with Crippen LogP contribution in [-0.2, 0) is 18.2 Å². The van der Waals surface area contributed by atoms with Crippen molar-refractivity contribution in [3.8, 4) is 0 Å². The van der Waals surface area contributed by atoms with E-state index in [1.807, 2.05) is 0 Å². The number of rotatable bonds is 5. The van der Waals surface area contributed by atoms with Crippen LogP contribution < -0.4 is 0 Å². The van der Waals surface area contributed by atoms with Crippen LogP contribution in [0.25, 0.3) is 0 Å². The van der Waals surface area contributed by atoms with Crippen molar-refractivity contribution in [3.05, 3.63) is 0 Å². The summed E-state index contributed by atoms with van der Waals surface area (Å²) in [6.45, 7) is 2.44. The smallest absolute Gasteiger partial charge is 0.303 e. The summed E-state index contributed by atoms with van der Waals surface area (Å²) in [7, 11) is -9.35. The Morgan fingerprint density at radius 1 is 0.857 bits per heavy atom. The summed E-state index contributed by atoms with van der Waals surface area (Å²) in [6.07, 6.45) is -2.27. The summed E-state index contributed by atoms with van der Waals surface area (Å²) >= 11 is 0. The molecule has 0 aromatic rings. The number of phosphoric acid groups is 2. The van der Waals surface area contributed by atoms with Gasteiger partial charge in [0, 0.05) is 0 Å². The fourth-order valence-corrected chi connectivity index (χ4v) is 1.81. The van der Waals surface area contributed by atoms with Gasteiger partial charge >= 0.3 is 15.6 Å². The molecule has 0 aliphatic carbocycles. The average molecular weight is 250 g/mol. The van der Waals surface area contributed by atoms with Gasteiger partial charge in [0.25, 0.3) is 0 Å². The second kappa shape index (κ2) is 4.83. The van der Waals surface area contributed by atoms with Crippen LogP contribution in [0.5, 0.6) is 0 Å². The summed E-state index contributed by atoms with van der Waals surface area (Å²) in [5.41, 5.74) is 0. The number of hydrogen-bond acceptors (Lipinski definition) is 4. The summed E-state index contributed by atoms with van der Waals surface area (Å²) in [4.78, 5) is 33.5. The molecule has 0 fully saturated rings. The molecule has 0 amide bonds. The first-order valence-electron chi connectivity index (χ1n) is 3.49. The maximum Gasteiger partial charge on any atom is 0.469 e. The van der Waals surface area contributed by atoms with Crippen LogP contribution in [0.2, 0.25) is 0 Å². The summed E-state index contributed by atoms with van der Waals surface area (Å²) in [5.74, 6) is 0. The molecule has 0 saturated heterocycles. The maximum atomic E-state index is 10.3. The van der Waals surface area contributed by atoms with Crippen molar-refractivity contribution in [2.45, 2.75) is 26.1 Å². The molecule has 10 heteroatoms. The Hall–Kier alpha value is 0.220. The normalized spacial score (nSPS) is 17.9. The van der Waals surface area contributed by atoms with Crippen molar-refractivity contribution in [2.24, 2.45) is 0 Å². The van der Waals surface area contributed by atoms with Gasteiger partial charge in [0.2, 0.25) is 0 Å². The lowest BCUT2D eigenvalue weighted by Crippen LogP contribution is -2.24. The maximum absolute atomic E-state index is 10.3. The van der Waals surface area contributed by atoms with E-state index in [4.69, 9.17) is 19.6 Å². The molecular formula is C4H12O8P2. The Kier molecular flexibility index (Phi) is 4.90. The molecule has 0 aromatic heterocycles. The molecule has 0 heterocycles. The van der Waals surface area contributed by atoms with Gasteiger partial charge in [-0.3, -0.25) is 9.05 Å². The molecule has 4 N–H and O–H groups in total. The van der Waals surface area contributed by atoms with Gasteiger partial charge in [0.15, 0.2) is 0 Å². The number of hydrogen-bond donors (Lipinski definition) is 4. The van der Waals surface area contributed by atoms with Crippen molar-refractivity contribution in [1.29, 1.82) is 0 Å². The third-order valence-electron chi connectivity index (χ3n) is 1.27. The molecule has 0 radical (unpaired) electrons. The van der Waals surface area contributed by atoms with Crippen molar-refractivity contribution in [2.75, 3.05) is 0 Å². The van der Waals surface area contributed by atoms with Crippen molar-refractivity contribution >= 4 is 15.6 Å². The molecule has 0 saturated carbocycles. The Balaban J connectivity index is 4.20. The van der Waals surface area contributed by atoms with Crippen LogP contribution >= 0.6 is 15.6 Å². The quantitative estimate of drug-likeness (QED) is 0.500. The Labute approximate surface area is 80.3 Å². The van der Waals surface area contributed by atoms with E-state index in [-0.39, 0.29) is 0 Å². The van der Waals surface area contributed by atoms with Crippen LogP contribution in [0.1, 0.15) is 13.8 Å². The first-order chi connectivity index (χ1) is 6.01. The highest BCUT2D eigenvalue weighted by Crippen LogP contribution is 2.42. The minimum atomic E-state index is -4.67. The molecule has 86 valence electrons. The average Bonchev–Trinajstić information content (AvgIpc) is 1.78. The van der Waals surface area contributed by atoms with E-state index in [0.717, 1.165) is 0 Å². The van der Waals surface area contributed by atoms with Crippen molar-refractivity contribution < 1.29 is 37.8 Å². The molecule has 0 bridgehead atoms. The highest BCUT2D eigenvalue weighted by molar-refractivity contribution is 7.46. The summed E-state index contributed by atoms with van der Waals surface area (Å²) in [5, 5.41) is 0. The van der Waals surface area contributed by atoms with Crippen molar-refractivity contribution in [3.63, 3.8) is 0 Å². The highest BCUT2D eigenvalue weighted by atomic mass is 31.2. The van der Waals surface area contributed by atoms with E-state index in [1.54, 1.807) is 0 Å². The predicted molar refractivity (Wildman–Crippen MR) is 45.2 cm³/mol. The van der Waals surface area contributed by atoms with Crippen molar-refractivity contribution in [1.82, 2.24) is 0 Å². The minimum absolute atomic E-state index is 1.14. The zero-order valence-corrected chi connectivity index (χ0v) is 9.26. The molecule has 0 spiro atoms. The van der Waals surface area contributed by atoms with Gasteiger partial charge in [-0.25, -0.2) is 9.13 Å². The lowest BCUT2D eigenvalue weighted by Gasteiger charge is -2.20.